The standard InChI is InChI=1S/C26H40ClN3O2/c1-18(2)24-17-29(26(19(3)4)22-6-8-23(27)9-7-22)14-15-30(24)25(32)16-21-10-12-28(13-11-21)20(5)31/h6-9,18-19,21,24,26H,10-17H2,1-5H3/t24-,26?/m1/s1. The number of hydrogen-bond acceptors (Lipinski definition) is 3. The summed E-state index contributed by atoms with van der Waals surface area (Å²) >= 11 is 6.13. The highest BCUT2D eigenvalue weighted by atomic mass is 35.5. The average molecular weight is 462 g/mol. The fraction of sp³-hybridized carbons (Fsp3) is 0.692. The molecule has 178 valence electrons. The molecule has 2 amide bonds. The Bertz CT molecular complexity index is 772. The van der Waals surface area contributed by atoms with E-state index in [2.05, 4.69) is 49.6 Å². The van der Waals surface area contributed by atoms with Crippen LogP contribution in [0.2, 0.25) is 5.02 Å². The lowest BCUT2D eigenvalue weighted by atomic mass is 9.89. The van der Waals surface area contributed by atoms with Gasteiger partial charge in [-0.05, 0) is 48.3 Å². The summed E-state index contributed by atoms with van der Waals surface area (Å²) < 4.78 is 0. The lowest BCUT2D eigenvalue weighted by Crippen LogP contribution is -2.58. The number of carbonyl (C=O) groups is 2. The summed E-state index contributed by atoms with van der Waals surface area (Å²) in [4.78, 5) is 31.5. The zero-order chi connectivity index (χ0) is 23.4. The largest absolute Gasteiger partial charge is 0.343 e. The molecule has 2 saturated heterocycles. The van der Waals surface area contributed by atoms with Crippen LogP contribution in [0.15, 0.2) is 24.3 Å². The third kappa shape index (κ3) is 6.05. The van der Waals surface area contributed by atoms with Gasteiger partial charge in [-0.15, -0.1) is 0 Å². The van der Waals surface area contributed by atoms with E-state index in [1.54, 1.807) is 6.92 Å². The van der Waals surface area contributed by atoms with Crippen LogP contribution in [0.25, 0.3) is 0 Å². The first-order valence-corrected chi connectivity index (χ1v) is 12.6. The Balaban J connectivity index is 1.66. The quantitative estimate of drug-likeness (QED) is 0.607. The molecule has 0 aliphatic carbocycles. The molecule has 3 rings (SSSR count). The van der Waals surface area contributed by atoms with Gasteiger partial charge in [0.2, 0.25) is 11.8 Å². The monoisotopic (exact) mass is 461 g/mol. The molecular formula is C26H40ClN3O2. The first-order valence-electron chi connectivity index (χ1n) is 12.2. The molecule has 0 saturated carbocycles. The smallest absolute Gasteiger partial charge is 0.223 e. The van der Waals surface area contributed by atoms with Crippen molar-refractivity contribution in [1.82, 2.24) is 14.7 Å². The van der Waals surface area contributed by atoms with E-state index >= 15 is 0 Å². The lowest BCUT2D eigenvalue weighted by molar-refractivity contribution is -0.140. The summed E-state index contributed by atoms with van der Waals surface area (Å²) in [6.07, 6.45) is 2.48. The summed E-state index contributed by atoms with van der Waals surface area (Å²) in [6.45, 7) is 14.8. The first-order chi connectivity index (χ1) is 15.2. The number of nitrogens with zero attached hydrogens (tertiary/aromatic N) is 3. The van der Waals surface area contributed by atoms with Crippen LogP contribution < -0.4 is 0 Å². The van der Waals surface area contributed by atoms with Crippen LogP contribution in [0.3, 0.4) is 0 Å². The normalized spacial score (nSPS) is 21.9. The molecule has 0 radical (unpaired) electrons. The highest BCUT2D eigenvalue weighted by Gasteiger charge is 2.37. The van der Waals surface area contributed by atoms with Crippen LogP contribution in [0.4, 0.5) is 0 Å². The van der Waals surface area contributed by atoms with Gasteiger partial charge in [0.25, 0.3) is 0 Å². The van der Waals surface area contributed by atoms with E-state index in [1.165, 1.54) is 5.56 Å². The van der Waals surface area contributed by atoms with Gasteiger partial charge in [0.05, 0.1) is 0 Å². The molecule has 2 atom stereocenters. The molecule has 0 spiro atoms. The molecule has 6 heteroatoms. The Morgan fingerprint density at radius 1 is 1.00 bits per heavy atom. The number of benzene rings is 1. The Morgan fingerprint density at radius 2 is 1.62 bits per heavy atom. The SMILES string of the molecule is CC(=O)N1CCC(CC(=O)N2CCN(C(c3ccc(Cl)cc3)C(C)C)C[C@@H]2C(C)C)CC1. The van der Waals surface area contributed by atoms with Gasteiger partial charge >= 0.3 is 0 Å². The zero-order valence-corrected chi connectivity index (χ0v) is 21.1. The molecule has 1 unspecified atom stereocenters. The molecule has 32 heavy (non-hydrogen) atoms. The predicted molar refractivity (Wildman–Crippen MR) is 131 cm³/mol. The third-order valence-electron chi connectivity index (χ3n) is 7.30. The van der Waals surface area contributed by atoms with E-state index in [0.29, 0.717) is 30.2 Å². The molecule has 2 heterocycles. The van der Waals surface area contributed by atoms with E-state index in [9.17, 15) is 9.59 Å². The summed E-state index contributed by atoms with van der Waals surface area (Å²) in [7, 11) is 0. The van der Waals surface area contributed by atoms with E-state index in [4.69, 9.17) is 11.6 Å². The van der Waals surface area contributed by atoms with Gasteiger partial charge in [-0.3, -0.25) is 14.5 Å². The van der Waals surface area contributed by atoms with Crippen LogP contribution >= 0.6 is 11.6 Å². The topological polar surface area (TPSA) is 43.9 Å². The molecular weight excluding hydrogens is 422 g/mol. The van der Waals surface area contributed by atoms with Gasteiger partial charge in [0.1, 0.15) is 0 Å². The van der Waals surface area contributed by atoms with Gasteiger partial charge in [-0.1, -0.05) is 51.4 Å². The van der Waals surface area contributed by atoms with Crippen LogP contribution in [0.5, 0.6) is 0 Å². The maximum atomic E-state index is 13.3. The average Bonchev–Trinajstić information content (AvgIpc) is 2.75. The summed E-state index contributed by atoms with van der Waals surface area (Å²) in [5, 5.41) is 0.765. The minimum Gasteiger partial charge on any atom is -0.343 e. The van der Waals surface area contributed by atoms with E-state index in [-0.39, 0.29) is 17.9 Å². The molecule has 1 aromatic carbocycles. The summed E-state index contributed by atoms with van der Waals surface area (Å²) in [5.41, 5.74) is 1.30. The molecule has 0 bridgehead atoms. The summed E-state index contributed by atoms with van der Waals surface area (Å²) in [5.74, 6) is 1.70. The number of halogens is 1. The van der Waals surface area contributed by atoms with Crippen molar-refractivity contribution >= 4 is 23.4 Å². The molecule has 2 aliphatic heterocycles. The maximum absolute atomic E-state index is 13.3. The Labute approximate surface area is 199 Å². The maximum Gasteiger partial charge on any atom is 0.223 e. The molecule has 2 aliphatic rings. The van der Waals surface area contributed by atoms with Gasteiger partial charge in [0.15, 0.2) is 0 Å². The van der Waals surface area contributed by atoms with Crippen LogP contribution in [0.1, 0.15) is 65.5 Å². The van der Waals surface area contributed by atoms with Crippen molar-refractivity contribution in [1.29, 1.82) is 0 Å². The molecule has 1 aromatic rings. The van der Waals surface area contributed by atoms with Crippen molar-refractivity contribution in [2.45, 2.75) is 66.0 Å². The Kier molecular flexibility index (Phi) is 8.62. The number of rotatable bonds is 6. The molecule has 2 fully saturated rings. The highest BCUT2D eigenvalue weighted by Crippen LogP contribution is 2.33. The van der Waals surface area contributed by atoms with Crippen LogP contribution in [-0.4, -0.2) is 65.3 Å². The van der Waals surface area contributed by atoms with Gasteiger partial charge < -0.3 is 9.80 Å². The van der Waals surface area contributed by atoms with E-state index < -0.39 is 0 Å². The Morgan fingerprint density at radius 3 is 2.16 bits per heavy atom. The predicted octanol–water partition coefficient (Wildman–Crippen LogP) is 4.85. The van der Waals surface area contributed by atoms with Crippen molar-refractivity contribution in [3.05, 3.63) is 34.9 Å². The van der Waals surface area contributed by atoms with Gasteiger partial charge in [-0.25, -0.2) is 0 Å². The van der Waals surface area contributed by atoms with E-state index in [0.717, 1.165) is 50.6 Å². The first kappa shape index (κ1) is 25.0. The van der Waals surface area contributed by atoms with Crippen molar-refractivity contribution in [3.8, 4) is 0 Å². The minimum atomic E-state index is 0.145. The number of piperazine rings is 1. The number of amides is 2. The highest BCUT2D eigenvalue weighted by molar-refractivity contribution is 6.30. The second kappa shape index (κ2) is 11.0. The van der Waals surface area contributed by atoms with E-state index in [1.807, 2.05) is 17.0 Å². The molecule has 5 nitrogen and oxygen atoms in total. The fourth-order valence-corrected chi connectivity index (χ4v) is 5.58. The lowest BCUT2D eigenvalue weighted by Gasteiger charge is -2.47. The number of likely N-dealkylation sites (tertiary alicyclic amines) is 1. The zero-order valence-electron chi connectivity index (χ0n) is 20.4. The third-order valence-corrected chi connectivity index (χ3v) is 7.55. The fourth-order valence-electron chi connectivity index (χ4n) is 5.46. The molecule has 0 N–H and O–H groups in total. The van der Waals surface area contributed by atoms with Gasteiger partial charge in [-0.2, -0.15) is 0 Å². The van der Waals surface area contributed by atoms with Crippen LogP contribution in [0, 0.1) is 17.8 Å². The number of piperidine rings is 1. The molecule has 0 aromatic heterocycles. The van der Waals surface area contributed by atoms with Crippen molar-refractivity contribution in [3.63, 3.8) is 0 Å². The van der Waals surface area contributed by atoms with Crippen LogP contribution in [-0.2, 0) is 9.59 Å². The summed E-state index contributed by atoms with van der Waals surface area (Å²) in [6, 6.07) is 8.78. The number of carbonyl (C=O) groups excluding carboxylic acids is 2. The second-order valence-corrected chi connectivity index (χ2v) is 10.7. The van der Waals surface area contributed by atoms with Gasteiger partial charge in [0, 0.05) is 63.2 Å². The number of hydrogen-bond donors (Lipinski definition) is 0. The van der Waals surface area contributed by atoms with Crippen molar-refractivity contribution in [2.24, 2.45) is 17.8 Å². The van der Waals surface area contributed by atoms with Crippen molar-refractivity contribution in [2.75, 3.05) is 32.7 Å². The Hall–Kier alpha value is -1.59. The second-order valence-electron chi connectivity index (χ2n) is 10.3. The minimum absolute atomic E-state index is 0.145. The van der Waals surface area contributed by atoms with Crippen molar-refractivity contribution < 1.29 is 9.59 Å².